The van der Waals surface area contributed by atoms with E-state index < -0.39 is 11.8 Å². The second-order valence-electron chi connectivity index (χ2n) is 6.19. The second-order valence-corrected chi connectivity index (χ2v) is 6.19. The monoisotopic (exact) mass is 302 g/mol. The van der Waals surface area contributed by atoms with E-state index in [1.807, 2.05) is 25.1 Å². The van der Waals surface area contributed by atoms with Crippen LogP contribution >= 0.6 is 0 Å². The quantitative estimate of drug-likeness (QED) is 0.918. The predicted octanol–water partition coefficient (Wildman–Crippen LogP) is 3.54. The summed E-state index contributed by atoms with van der Waals surface area (Å²) in [5.74, 6) is 0. The number of fused-ring (bicyclic) bond motifs is 3. The van der Waals surface area contributed by atoms with E-state index in [1.165, 1.54) is 4.90 Å². The Balaban J connectivity index is 1.71. The van der Waals surface area contributed by atoms with Gasteiger partial charge in [0.1, 0.15) is 5.52 Å². The molecule has 1 amide bonds. The Kier molecular flexibility index (Phi) is 2.82. The van der Waals surface area contributed by atoms with Crippen LogP contribution in [0.2, 0.25) is 0 Å². The zero-order valence-corrected chi connectivity index (χ0v) is 12.4. The maximum atomic E-state index is 11.6. The number of rotatable bonds is 2. The molecule has 2 unspecified atom stereocenters. The van der Waals surface area contributed by atoms with E-state index in [0.29, 0.717) is 18.4 Å². The number of benzene rings is 1. The third-order valence-corrected chi connectivity index (χ3v) is 4.86. The molecule has 22 heavy (non-hydrogen) atoms. The minimum absolute atomic E-state index is 0.0531. The van der Waals surface area contributed by atoms with Crippen LogP contribution in [-0.4, -0.2) is 32.9 Å². The number of aryl methyl sites for hydroxylation is 1. The molecule has 2 atom stereocenters. The maximum Gasteiger partial charge on any atom is 0.410 e. The third kappa shape index (κ3) is 1.86. The first-order valence-corrected chi connectivity index (χ1v) is 7.66. The summed E-state index contributed by atoms with van der Waals surface area (Å²) >= 11 is 0. The van der Waals surface area contributed by atoms with Gasteiger partial charge in [-0.3, -0.25) is 4.90 Å². The summed E-state index contributed by atoms with van der Waals surface area (Å²) in [4.78, 5) is 17.5. The number of hydrogen-bond acceptors (Lipinski definition) is 4. The summed E-state index contributed by atoms with van der Waals surface area (Å²) in [5.41, 5.74) is 1.63. The van der Waals surface area contributed by atoms with Gasteiger partial charge < -0.3 is 14.3 Å². The van der Waals surface area contributed by atoms with E-state index in [9.17, 15) is 9.90 Å². The molecular weight excluding hydrogens is 284 g/mol. The van der Waals surface area contributed by atoms with Gasteiger partial charge in [-0.1, -0.05) is 12.1 Å². The number of carboxylic acid groups (broad SMARTS) is 1. The van der Waals surface area contributed by atoms with Crippen LogP contribution in [0.15, 0.2) is 22.6 Å². The van der Waals surface area contributed by atoms with Crippen molar-refractivity contribution in [3.05, 3.63) is 23.8 Å². The van der Waals surface area contributed by atoms with Gasteiger partial charge in [0.15, 0.2) is 11.3 Å². The van der Waals surface area contributed by atoms with Gasteiger partial charge in [-0.25, -0.2) is 4.79 Å². The molecule has 2 bridgehead atoms. The fourth-order valence-electron chi connectivity index (χ4n) is 3.86. The van der Waals surface area contributed by atoms with Crippen molar-refractivity contribution in [1.82, 2.24) is 9.88 Å². The molecule has 2 aromatic rings. The molecule has 116 valence electrons. The molecule has 6 nitrogen and oxygen atoms in total. The van der Waals surface area contributed by atoms with Gasteiger partial charge >= 0.3 is 12.2 Å². The van der Waals surface area contributed by atoms with Crippen molar-refractivity contribution in [2.45, 2.75) is 50.8 Å². The average Bonchev–Trinajstić information content (AvgIpc) is 2.97. The Morgan fingerprint density at radius 3 is 3.09 bits per heavy atom. The number of ether oxygens (including phenoxy) is 1. The number of piperidine rings is 1. The molecule has 0 saturated carbocycles. The molecule has 2 saturated heterocycles. The zero-order valence-electron chi connectivity index (χ0n) is 12.4. The molecule has 1 aromatic heterocycles. The molecule has 4 rings (SSSR count). The Labute approximate surface area is 127 Å². The molecule has 3 heterocycles. The van der Waals surface area contributed by atoms with Gasteiger partial charge in [0.2, 0.25) is 0 Å². The van der Waals surface area contributed by atoms with E-state index in [0.717, 1.165) is 30.3 Å². The lowest BCUT2D eigenvalue weighted by Gasteiger charge is -2.41. The molecule has 2 aliphatic heterocycles. The van der Waals surface area contributed by atoms with E-state index in [4.69, 9.17) is 9.15 Å². The topological polar surface area (TPSA) is 75.8 Å². The van der Waals surface area contributed by atoms with Crippen LogP contribution in [0.5, 0.6) is 6.08 Å². The molecule has 2 fully saturated rings. The predicted molar refractivity (Wildman–Crippen MR) is 78.8 cm³/mol. The highest BCUT2D eigenvalue weighted by Crippen LogP contribution is 2.45. The van der Waals surface area contributed by atoms with Gasteiger partial charge in [0.05, 0.1) is 0 Å². The van der Waals surface area contributed by atoms with Crippen molar-refractivity contribution in [3.8, 4) is 6.08 Å². The van der Waals surface area contributed by atoms with Crippen LogP contribution in [-0.2, 0) is 0 Å². The van der Waals surface area contributed by atoms with Crippen molar-refractivity contribution in [2.24, 2.45) is 0 Å². The summed E-state index contributed by atoms with van der Waals surface area (Å²) in [5, 5.41) is 9.54. The highest BCUT2D eigenvalue weighted by atomic mass is 16.6. The SMILES string of the molecule is Cc1cccc2oc(OC34CCCC(CC3)N4C(=O)O)nc12. The lowest BCUT2D eigenvalue weighted by Crippen LogP contribution is -2.56. The number of aromatic nitrogens is 1. The van der Waals surface area contributed by atoms with Crippen molar-refractivity contribution < 1.29 is 19.1 Å². The van der Waals surface area contributed by atoms with Crippen LogP contribution in [0, 0.1) is 6.92 Å². The summed E-state index contributed by atoms with van der Waals surface area (Å²) in [7, 11) is 0. The van der Waals surface area contributed by atoms with E-state index in [1.54, 1.807) is 0 Å². The normalized spacial score (nSPS) is 27.3. The number of para-hydroxylation sites is 1. The molecular formula is C16H18N2O4. The van der Waals surface area contributed by atoms with Gasteiger partial charge in [-0.05, 0) is 37.8 Å². The van der Waals surface area contributed by atoms with Crippen LogP contribution in [0.25, 0.3) is 11.1 Å². The van der Waals surface area contributed by atoms with Crippen molar-refractivity contribution in [2.75, 3.05) is 0 Å². The molecule has 2 aliphatic rings. The largest absolute Gasteiger partial charge is 0.465 e. The minimum atomic E-state index is -0.922. The molecule has 0 radical (unpaired) electrons. The highest BCUT2D eigenvalue weighted by molar-refractivity contribution is 5.76. The standard InChI is InChI=1S/C16H18N2O4/c1-10-4-2-6-12-13(10)17-14(21-12)22-16-8-3-5-11(7-9-16)18(16)15(19)20/h2,4,6,11H,3,5,7-9H2,1H3,(H,19,20). The molecule has 1 aromatic carbocycles. The smallest absolute Gasteiger partial charge is 0.410 e. The number of nitrogens with zero attached hydrogens (tertiary/aromatic N) is 2. The van der Waals surface area contributed by atoms with Crippen molar-refractivity contribution in [3.63, 3.8) is 0 Å². The third-order valence-electron chi connectivity index (χ3n) is 4.86. The number of oxazole rings is 1. The number of carbonyl (C=O) groups is 1. The van der Waals surface area contributed by atoms with Gasteiger partial charge in [-0.15, -0.1) is 0 Å². The van der Waals surface area contributed by atoms with Crippen molar-refractivity contribution >= 4 is 17.2 Å². The van der Waals surface area contributed by atoms with E-state index in [-0.39, 0.29) is 12.1 Å². The zero-order chi connectivity index (χ0) is 15.3. The van der Waals surface area contributed by atoms with Crippen LogP contribution < -0.4 is 4.74 Å². The molecule has 0 aliphatic carbocycles. The first-order chi connectivity index (χ1) is 10.6. The van der Waals surface area contributed by atoms with Gasteiger partial charge in [0, 0.05) is 18.9 Å². The second kappa shape index (κ2) is 4.63. The Hall–Kier alpha value is -2.24. The highest BCUT2D eigenvalue weighted by Gasteiger charge is 2.54. The van der Waals surface area contributed by atoms with Crippen molar-refractivity contribution in [1.29, 1.82) is 0 Å². The molecule has 1 N–H and O–H groups in total. The number of amides is 1. The summed E-state index contributed by atoms with van der Waals surface area (Å²) in [6.07, 6.45) is 3.34. The first kappa shape index (κ1) is 13.4. The minimum Gasteiger partial charge on any atom is -0.465 e. The maximum absolute atomic E-state index is 11.6. The lowest BCUT2D eigenvalue weighted by atomic mass is 10.0. The molecule has 6 heteroatoms. The van der Waals surface area contributed by atoms with Crippen LogP contribution in [0.4, 0.5) is 4.79 Å². The number of hydrogen-bond donors (Lipinski definition) is 1. The van der Waals surface area contributed by atoms with Gasteiger partial charge in [-0.2, -0.15) is 4.98 Å². The van der Waals surface area contributed by atoms with Gasteiger partial charge in [0.25, 0.3) is 0 Å². The fraction of sp³-hybridized carbons (Fsp3) is 0.500. The van der Waals surface area contributed by atoms with Crippen LogP contribution in [0.1, 0.15) is 37.7 Å². The lowest BCUT2D eigenvalue weighted by molar-refractivity contribution is -0.0928. The van der Waals surface area contributed by atoms with E-state index >= 15 is 0 Å². The Morgan fingerprint density at radius 1 is 1.45 bits per heavy atom. The summed E-state index contributed by atoms with van der Waals surface area (Å²) in [6.45, 7) is 1.96. The van der Waals surface area contributed by atoms with E-state index in [2.05, 4.69) is 4.98 Å². The fourth-order valence-corrected chi connectivity index (χ4v) is 3.86. The molecule has 0 spiro atoms. The Morgan fingerprint density at radius 2 is 2.32 bits per heavy atom. The Bertz CT molecular complexity index is 737. The average molecular weight is 302 g/mol. The summed E-state index contributed by atoms with van der Waals surface area (Å²) < 4.78 is 11.7. The first-order valence-electron chi connectivity index (χ1n) is 7.66. The van der Waals surface area contributed by atoms with Crippen LogP contribution in [0.3, 0.4) is 0 Å². The summed E-state index contributed by atoms with van der Waals surface area (Å²) in [6, 6.07) is 5.76.